The highest BCUT2D eigenvalue weighted by molar-refractivity contribution is 5.73. The van der Waals surface area contributed by atoms with Gasteiger partial charge < -0.3 is 25.3 Å². The molecular weight excluding hydrogens is 618 g/mol. The maximum Gasteiger partial charge on any atom is 0.311 e. The highest BCUT2D eigenvalue weighted by atomic mass is 16.5. The van der Waals surface area contributed by atoms with E-state index < -0.39 is 0 Å². The van der Waals surface area contributed by atoms with Crippen LogP contribution in [0, 0.1) is 37.5 Å². The van der Waals surface area contributed by atoms with Crippen LogP contribution >= 0.6 is 0 Å². The van der Waals surface area contributed by atoms with Crippen molar-refractivity contribution in [2.24, 2.45) is 11.7 Å². The van der Waals surface area contributed by atoms with Crippen molar-refractivity contribution in [2.75, 3.05) is 20.3 Å². The van der Waals surface area contributed by atoms with Crippen molar-refractivity contribution in [2.45, 2.75) is 104 Å². The fourth-order valence-corrected chi connectivity index (χ4v) is 5.14. The molecule has 1 saturated carbocycles. The Hall–Kier alpha value is -4.44. The molecule has 0 saturated heterocycles. The fourth-order valence-electron chi connectivity index (χ4n) is 5.14. The van der Waals surface area contributed by atoms with Crippen molar-refractivity contribution < 1.29 is 28.6 Å². The van der Waals surface area contributed by atoms with Crippen molar-refractivity contribution in [3.63, 3.8) is 0 Å². The Kier molecular flexibility index (Phi) is 29.2. The molecule has 49 heavy (non-hydrogen) atoms. The Morgan fingerprint density at radius 2 is 1.78 bits per heavy atom. The van der Waals surface area contributed by atoms with E-state index in [0.717, 1.165) is 29.9 Å². The number of carbonyl (C=O) groups is 3. The summed E-state index contributed by atoms with van der Waals surface area (Å²) in [6.07, 6.45) is 31.4. The average Bonchev–Trinajstić information content (AvgIpc) is 3.63. The van der Waals surface area contributed by atoms with Crippen LogP contribution in [0.25, 0.3) is 0 Å². The van der Waals surface area contributed by atoms with E-state index in [-0.39, 0.29) is 19.0 Å². The van der Waals surface area contributed by atoms with Crippen molar-refractivity contribution >= 4 is 18.8 Å². The number of pyridine rings is 1. The number of nitrogens with two attached hydrogens (primary N) is 1. The summed E-state index contributed by atoms with van der Waals surface area (Å²) in [7, 11) is 1.59. The number of allylic oxidation sites excluding steroid dienone is 2. The first kappa shape index (κ1) is 44.6. The zero-order chi connectivity index (χ0) is 36.4. The summed E-state index contributed by atoms with van der Waals surface area (Å²) >= 11 is 0. The molecule has 1 aliphatic carbocycles. The number of aromatic nitrogens is 1. The zero-order valence-corrected chi connectivity index (χ0v) is 29.8. The maximum atomic E-state index is 12.1. The molecule has 0 aliphatic heterocycles. The van der Waals surface area contributed by atoms with Crippen LogP contribution in [0.5, 0.6) is 5.75 Å². The Balaban J connectivity index is 0.000000785. The smallest absolute Gasteiger partial charge is 0.311 e. The number of terminal acetylenes is 2. The minimum Gasteiger partial charge on any atom is -0.424 e. The summed E-state index contributed by atoms with van der Waals surface area (Å²) in [6, 6.07) is 10.9. The van der Waals surface area contributed by atoms with E-state index in [1.54, 1.807) is 20.2 Å². The standard InChI is InChI=1S/C19H25NO4.C16H24.C4H5NO.CH3NO/c1-5-7-8-9-10-18(21)24-19-15(3)20-12-16(13-23-11-6-2)17(19)14-22-4;1-3-9-15(10-4-1)11-5-2-6-12-16-13-7-8-14-16;1-2-3-5-4-6;2-1-3/h2,5,7,12H,8-11,13-14H2,1,3-4H3;1,3-4,9-10,16H,2,5-8,11-14H2;1,4H,3H2,(H,5,6);1H,(H2,2,3)/b7-5-;;;. The molecule has 9 heteroatoms. The third-order valence-corrected chi connectivity index (χ3v) is 7.52. The van der Waals surface area contributed by atoms with Gasteiger partial charge in [0, 0.05) is 30.9 Å². The van der Waals surface area contributed by atoms with Gasteiger partial charge in [0.2, 0.25) is 12.8 Å². The average molecular weight is 676 g/mol. The largest absolute Gasteiger partial charge is 0.424 e. The van der Waals surface area contributed by atoms with Crippen LogP contribution in [0.4, 0.5) is 0 Å². The summed E-state index contributed by atoms with van der Waals surface area (Å²) in [5.41, 5.74) is 7.88. The van der Waals surface area contributed by atoms with Crippen LogP contribution < -0.4 is 15.8 Å². The highest BCUT2D eigenvalue weighted by Gasteiger charge is 2.17. The van der Waals surface area contributed by atoms with E-state index in [9.17, 15) is 9.59 Å². The molecule has 1 aromatic carbocycles. The Morgan fingerprint density at radius 3 is 2.37 bits per heavy atom. The van der Waals surface area contributed by atoms with E-state index in [1.165, 1.54) is 63.4 Å². The summed E-state index contributed by atoms with van der Waals surface area (Å²) in [6.45, 7) is 4.89. The maximum absolute atomic E-state index is 12.1. The number of ether oxygens (including phenoxy) is 3. The Morgan fingerprint density at radius 1 is 1.06 bits per heavy atom. The van der Waals surface area contributed by atoms with Gasteiger partial charge in [-0.15, -0.1) is 12.8 Å². The number of unbranched alkanes of at least 4 members (excludes halogenated alkanes) is 3. The molecule has 0 bridgehead atoms. The molecule has 3 rings (SSSR count). The lowest BCUT2D eigenvalue weighted by Gasteiger charge is -2.15. The van der Waals surface area contributed by atoms with Gasteiger partial charge in [-0.3, -0.25) is 19.4 Å². The molecule has 0 spiro atoms. The lowest BCUT2D eigenvalue weighted by atomic mass is 9.98. The lowest BCUT2D eigenvalue weighted by Crippen LogP contribution is -2.13. The van der Waals surface area contributed by atoms with Gasteiger partial charge in [0.25, 0.3) is 0 Å². The molecular formula is C40H57N3O6. The molecule has 1 aliphatic rings. The zero-order valence-electron chi connectivity index (χ0n) is 29.8. The third kappa shape index (κ3) is 23.5. The molecule has 1 fully saturated rings. The number of primary amides is 1. The number of hydrogen-bond acceptors (Lipinski definition) is 7. The van der Waals surface area contributed by atoms with Crippen molar-refractivity contribution in [1.29, 1.82) is 0 Å². The quantitative estimate of drug-likeness (QED) is 0.0586. The van der Waals surface area contributed by atoms with Gasteiger partial charge in [-0.05, 0) is 51.0 Å². The SMILES string of the molecule is C#CCNC=O.C#CCOCc1cnc(C)c(OC(=O)CCC/C=C\C)c1COC.NC=O.c1ccc(CCCCCC2CCCC2)cc1. The number of methoxy groups -OCH3 is 1. The van der Waals surface area contributed by atoms with Crippen LogP contribution in [0.3, 0.4) is 0 Å². The molecule has 9 nitrogen and oxygen atoms in total. The van der Waals surface area contributed by atoms with E-state index in [1.807, 2.05) is 19.1 Å². The first-order valence-electron chi connectivity index (χ1n) is 17.0. The summed E-state index contributed by atoms with van der Waals surface area (Å²) in [4.78, 5) is 34.3. The predicted octanol–water partition coefficient (Wildman–Crippen LogP) is 6.78. The first-order chi connectivity index (χ1) is 23.9. The van der Waals surface area contributed by atoms with Crippen LogP contribution in [-0.4, -0.2) is 44.0 Å². The molecule has 1 aromatic heterocycles. The van der Waals surface area contributed by atoms with Gasteiger partial charge in [-0.1, -0.05) is 99.3 Å². The molecule has 1 heterocycles. The second kappa shape index (κ2) is 32.1. The van der Waals surface area contributed by atoms with Gasteiger partial charge in [-0.25, -0.2) is 0 Å². The third-order valence-electron chi connectivity index (χ3n) is 7.52. The van der Waals surface area contributed by atoms with Gasteiger partial charge in [0.15, 0.2) is 5.75 Å². The number of esters is 1. The molecule has 0 unspecified atom stereocenters. The minimum atomic E-state index is -0.275. The molecule has 268 valence electrons. The Bertz CT molecular complexity index is 1260. The number of hydrogen-bond donors (Lipinski definition) is 2. The second-order valence-electron chi connectivity index (χ2n) is 11.3. The van der Waals surface area contributed by atoms with Crippen molar-refractivity contribution in [3.05, 3.63) is 71.1 Å². The number of carbonyl (C=O) groups excluding carboxylic acids is 3. The molecule has 2 amide bonds. The normalized spacial score (nSPS) is 11.7. The minimum absolute atomic E-state index is 0.209. The number of amides is 2. The molecule has 3 N–H and O–H groups in total. The topological polar surface area (TPSA) is 130 Å². The first-order valence-corrected chi connectivity index (χ1v) is 17.0. The van der Waals surface area contributed by atoms with Gasteiger partial charge in [0.05, 0.1) is 25.5 Å². The van der Waals surface area contributed by atoms with E-state index in [2.05, 4.69) is 58.2 Å². The molecule has 0 radical (unpaired) electrons. The predicted molar refractivity (Wildman–Crippen MR) is 196 cm³/mol. The Labute approximate surface area is 294 Å². The van der Waals surface area contributed by atoms with E-state index >= 15 is 0 Å². The monoisotopic (exact) mass is 675 g/mol. The summed E-state index contributed by atoms with van der Waals surface area (Å²) in [5.74, 6) is 5.90. The molecule has 2 aromatic rings. The second-order valence-corrected chi connectivity index (χ2v) is 11.3. The van der Waals surface area contributed by atoms with Gasteiger partial charge in [-0.2, -0.15) is 0 Å². The summed E-state index contributed by atoms with van der Waals surface area (Å²) in [5, 5.41) is 2.28. The van der Waals surface area contributed by atoms with E-state index in [0.29, 0.717) is 44.0 Å². The number of aryl methyl sites for hydroxylation is 2. The van der Waals surface area contributed by atoms with Crippen molar-refractivity contribution in [3.8, 4) is 30.4 Å². The number of nitrogens with zero attached hydrogens (tertiary/aromatic N) is 1. The molecule has 0 atom stereocenters. The summed E-state index contributed by atoms with van der Waals surface area (Å²) < 4.78 is 16.2. The number of rotatable bonds is 18. The van der Waals surface area contributed by atoms with Crippen LogP contribution in [-0.2, 0) is 43.5 Å². The number of nitrogens with one attached hydrogen (secondary N) is 1. The van der Waals surface area contributed by atoms with Crippen LogP contribution in [0.15, 0.2) is 48.7 Å². The van der Waals surface area contributed by atoms with Gasteiger partial charge >= 0.3 is 5.97 Å². The van der Waals surface area contributed by atoms with Gasteiger partial charge in [0.1, 0.15) is 6.61 Å². The highest BCUT2D eigenvalue weighted by Crippen LogP contribution is 2.29. The van der Waals surface area contributed by atoms with E-state index in [4.69, 9.17) is 31.9 Å². The fraction of sp³-hybridized carbons (Fsp3) is 0.500. The van der Waals surface area contributed by atoms with Crippen molar-refractivity contribution in [1.82, 2.24) is 10.3 Å². The van der Waals surface area contributed by atoms with Crippen LogP contribution in [0.2, 0.25) is 0 Å². The lowest BCUT2D eigenvalue weighted by molar-refractivity contribution is -0.134. The van der Waals surface area contributed by atoms with Crippen LogP contribution in [0.1, 0.15) is 99.9 Å². The number of benzene rings is 1.